The third-order valence-corrected chi connectivity index (χ3v) is 5.13. The summed E-state index contributed by atoms with van der Waals surface area (Å²) in [6.45, 7) is 2.04. The van der Waals surface area contributed by atoms with Gasteiger partial charge < -0.3 is 14.1 Å². The molecule has 140 valence electrons. The average molecular weight is 406 g/mol. The van der Waals surface area contributed by atoms with E-state index in [1.807, 2.05) is 0 Å². The van der Waals surface area contributed by atoms with Crippen LogP contribution in [0.3, 0.4) is 0 Å². The van der Waals surface area contributed by atoms with Gasteiger partial charge in [-0.2, -0.15) is 0 Å². The largest absolute Gasteiger partial charge is 0.465 e. The Bertz CT molecular complexity index is 996. The molecule has 9 nitrogen and oxygen atoms in total. The predicted octanol–water partition coefficient (Wildman–Crippen LogP) is 2.39. The number of anilines is 1. The SMILES string of the molecule is CCOC(=O)CSc1nnc(NC(=O)c2ccc(-c3ccco3)[nH]c2=O)s1. The standard InChI is InChI=1S/C16H14N4O5S2/c1-2-24-12(21)8-26-16-20-19-15(27-16)18-14(23)9-5-6-10(17-13(9)22)11-4-3-7-25-11/h3-7H,2,8H2,1H3,(H,17,22)(H,18,19,23). The number of amides is 1. The number of nitrogens with zero attached hydrogens (tertiary/aromatic N) is 2. The molecule has 3 aromatic rings. The fourth-order valence-corrected chi connectivity index (χ4v) is 3.58. The van der Waals surface area contributed by atoms with Gasteiger partial charge in [0.2, 0.25) is 5.13 Å². The van der Waals surface area contributed by atoms with Gasteiger partial charge >= 0.3 is 5.97 Å². The lowest BCUT2D eigenvalue weighted by atomic mass is 10.2. The van der Waals surface area contributed by atoms with E-state index in [1.54, 1.807) is 25.1 Å². The first-order valence-electron chi connectivity index (χ1n) is 7.77. The van der Waals surface area contributed by atoms with Gasteiger partial charge in [-0.15, -0.1) is 10.2 Å². The fraction of sp³-hybridized carbons (Fsp3) is 0.188. The highest BCUT2D eigenvalue weighted by Crippen LogP contribution is 2.25. The van der Waals surface area contributed by atoms with E-state index in [1.165, 1.54) is 12.3 Å². The van der Waals surface area contributed by atoms with Crippen LogP contribution in [0, 0.1) is 0 Å². The highest BCUT2D eigenvalue weighted by Gasteiger charge is 2.15. The van der Waals surface area contributed by atoms with E-state index >= 15 is 0 Å². The summed E-state index contributed by atoms with van der Waals surface area (Å²) in [7, 11) is 0. The van der Waals surface area contributed by atoms with Crippen LogP contribution in [0.2, 0.25) is 0 Å². The van der Waals surface area contributed by atoms with Crippen molar-refractivity contribution in [2.75, 3.05) is 17.7 Å². The molecule has 0 fully saturated rings. The lowest BCUT2D eigenvalue weighted by molar-refractivity contribution is -0.139. The number of aromatic nitrogens is 3. The molecule has 3 rings (SSSR count). The monoisotopic (exact) mass is 406 g/mol. The number of pyridine rings is 1. The van der Waals surface area contributed by atoms with Crippen molar-refractivity contribution in [3.63, 3.8) is 0 Å². The van der Waals surface area contributed by atoms with Crippen molar-refractivity contribution in [1.82, 2.24) is 15.2 Å². The smallest absolute Gasteiger partial charge is 0.316 e. The van der Waals surface area contributed by atoms with Crippen molar-refractivity contribution in [3.05, 3.63) is 46.4 Å². The summed E-state index contributed by atoms with van der Waals surface area (Å²) in [5.41, 5.74) is -0.154. The summed E-state index contributed by atoms with van der Waals surface area (Å²) in [5, 5.41) is 10.4. The van der Waals surface area contributed by atoms with Gasteiger partial charge in [-0.1, -0.05) is 23.1 Å². The second kappa shape index (κ2) is 8.64. The number of nitrogens with one attached hydrogen (secondary N) is 2. The summed E-state index contributed by atoms with van der Waals surface area (Å²) in [5.74, 6) is -0.372. The maximum absolute atomic E-state index is 12.3. The lowest BCUT2D eigenvalue weighted by Gasteiger charge is -2.02. The minimum atomic E-state index is -0.611. The second-order valence-corrected chi connectivity index (χ2v) is 7.21. The molecule has 0 unspecified atom stereocenters. The molecule has 1 amide bonds. The second-order valence-electron chi connectivity index (χ2n) is 5.01. The van der Waals surface area contributed by atoms with Gasteiger partial charge in [0.15, 0.2) is 4.34 Å². The number of furan rings is 1. The van der Waals surface area contributed by atoms with E-state index in [4.69, 9.17) is 9.15 Å². The number of carbonyl (C=O) groups is 2. The number of rotatable bonds is 7. The molecule has 0 saturated carbocycles. The normalized spacial score (nSPS) is 10.6. The van der Waals surface area contributed by atoms with E-state index in [2.05, 4.69) is 20.5 Å². The van der Waals surface area contributed by atoms with Crippen LogP contribution in [0.5, 0.6) is 0 Å². The van der Waals surface area contributed by atoms with E-state index in [-0.39, 0.29) is 22.4 Å². The highest BCUT2D eigenvalue weighted by atomic mass is 32.2. The predicted molar refractivity (Wildman–Crippen MR) is 100.0 cm³/mol. The summed E-state index contributed by atoms with van der Waals surface area (Å²) in [4.78, 5) is 38.4. The average Bonchev–Trinajstić information content (AvgIpc) is 3.32. The number of hydrogen-bond acceptors (Lipinski definition) is 9. The van der Waals surface area contributed by atoms with E-state index in [0.717, 1.165) is 23.1 Å². The molecule has 0 atom stereocenters. The lowest BCUT2D eigenvalue weighted by Crippen LogP contribution is -2.23. The molecule has 27 heavy (non-hydrogen) atoms. The number of H-pyrrole nitrogens is 1. The molecule has 3 aromatic heterocycles. The van der Waals surface area contributed by atoms with E-state index in [9.17, 15) is 14.4 Å². The minimum absolute atomic E-state index is 0.0683. The Morgan fingerprint density at radius 1 is 1.33 bits per heavy atom. The number of hydrogen-bond donors (Lipinski definition) is 2. The molecule has 0 radical (unpaired) electrons. The molecule has 0 spiro atoms. The van der Waals surface area contributed by atoms with Gasteiger partial charge in [-0.3, -0.25) is 19.7 Å². The number of ether oxygens (including phenoxy) is 1. The number of aromatic amines is 1. The summed E-state index contributed by atoms with van der Waals surface area (Å²) >= 11 is 2.25. The zero-order valence-corrected chi connectivity index (χ0v) is 15.7. The molecular formula is C16H14N4O5S2. The van der Waals surface area contributed by atoms with Crippen LogP contribution in [-0.4, -0.2) is 39.4 Å². The van der Waals surface area contributed by atoms with Crippen molar-refractivity contribution in [3.8, 4) is 11.5 Å². The molecule has 0 bridgehead atoms. The first-order valence-corrected chi connectivity index (χ1v) is 9.57. The number of thioether (sulfide) groups is 1. The van der Waals surface area contributed by atoms with Gasteiger partial charge in [-0.25, -0.2) is 0 Å². The zero-order valence-electron chi connectivity index (χ0n) is 14.1. The van der Waals surface area contributed by atoms with Crippen molar-refractivity contribution in [1.29, 1.82) is 0 Å². The van der Waals surface area contributed by atoms with Crippen LogP contribution < -0.4 is 10.9 Å². The molecule has 2 N–H and O–H groups in total. The van der Waals surface area contributed by atoms with Crippen molar-refractivity contribution in [2.45, 2.75) is 11.3 Å². The first-order chi connectivity index (χ1) is 13.1. The van der Waals surface area contributed by atoms with Gasteiger partial charge in [0, 0.05) is 0 Å². The van der Waals surface area contributed by atoms with Gasteiger partial charge in [0.25, 0.3) is 11.5 Å². The minimum Gasteiger partial charge on any atom is -0.465 e. The van der Waals surface area contributed by atoms with Crippen LogP contribution in [-0.2, 0) is 9.53 Å². The molecule has 0 aliphatic carbocycles. The highest BCUT2D eigenvalue weighted by molar-refractivity contribution is 8.01. The molecule has 3 heterocycles. The van der Waals surface area contributed by atoms with Gasteiger partial charge in [-0.05, 0) is 31.2 Å². The Labute approximate surface area is 161 Å². The van der Waals surface area contributed by atoms with E-state index < -0.39 is 11.5 Å². The summed E-state index contributed by atoms with van der Waals surface area (Å²) in [6.07, 6.45) is 1.49. The van der Waals surface area contributed by atoms with Crippen molar-refractivity contribution in [2.24, 2.45) is 0 Å². The van der Waals surface area contributed by atoms with Crippen molar-refractivity contribution < 1.29 is 18.7 Å². The third-order valence-electron chi connectivity index (χ3n) is 3.19. The topological polar surface area (TPSA) is 127 Å². The number of carbonyl (C=O) groups excluding carboxylic acids is 2. The van der Waals surface area contributed by atoms with Crippen LogP contribution >= 0.6 is 23.1 Å². The molecule has 0 saturated heterocycles. The van der Waals surface area contributed by atoms with Gasteiger partial charge in [0.05, 0.1) is 24.3 Å². The Hall–Kier alpha value is -2.92. The molecule has 0 aromatic carbocycles. The van der Waals surface area contributed by atoms with Crippen LogP contribution in [0.4, 0.5) is 5.13 Å². The summed E-state index contributed by atoms with van der Waals surface area (Å²) < 4.78 is 10.5. The number of esters is 1. The quantitative estimate of drug-likeness (QED) is 0.348. The third kappa shape index (κ3) is 4.83. The fourth-order valence-electron chi connectivity index (χ4n) is 2.03. The Morgan fingerprint density at radius 2 is 2.19 bits per heavy atom. The Balaban J connectivity index is 1.64. The molecule has 0 aliphatic rings. The molecule has 0 aliphatic heterocycles. The Morgan fingerprint density at radius 3 is 2.89 bits per heavy atom. The molecular weight excluding hydrogens is 392 g/mol. The van der Waals surface area contributed by atoms with Crippen LogP contribution in [0.15, 0.2) is 44.1 Å². The van der Waals surface area contributed by atoms with Crippen LogP contribution in [0.1, 0.15) is 17.3 Å². The van der Waals surface area contributed by atoms with Gasteiger partial charge in [0.1, 0.15) is 11.3 Å². The molecule has 11 heteroatoms. The zero-order chi connectivity index (χ0) is 19.2. The summed E-state index contributed by atoms with van der Waals surface area (Å²) in [6, 6.07) is 6.38. The van der Waals surface area contributed by atoms with Crippen molar-refractivity contribution >= 4 is 40.1 Å². The first kappa shape index (κ1) is 18.9. The van der Waals surface area contributed by atoms with E-state index in [0.29, 0.717) is 22.4 Å². The maximum Gasteiger partial charge on any atom is 0.316 e. The maximum atomic E-state index is 12.3. The Kier molecular flexibility index (Phi) is 6.04. The van der Waals surface area contributed by atoms with Crippen LogP contribution in [0.25, 0.3) is 11.5 Å².